The number of nitrogens with one attached hydrogen (secondary N) is 1. The molecule has 128 valence electrons. The molecule has 1 aliphatic rings. The predicted molar refractivity (Wildman–Crippen MR) is 92.8 cm³/mol. The SMILES string of the molecule is CCc1nc2ccc(C(=O)N[C@@H]3CCS(=O)(=O)C3)cc2nc1CC. The van der Waals surface area contributed by atoms with Crippen LogP contribution in [0, 0.1) is 0 Å². The van der Waals surface area contributed by atoms with E-state index in [2.05, 4.69) is 15.3 Å². The summed E-state index contributed by atoms with van der Waals surface area (Å²) in [6, 6.07) is 4.92. The molecule has 1 N–H and O–H groups in total. The van der Waals surface area contributed by atoms with Crippen molar-refractivity contribution in [1.82, 2.24) is 15.3 Å². The van der Waals surface area contributed by atoms with Crippen LogP contribution in [0.1, 0.15) is 42.0 Å². The molecular formula is C17H21N3O3S. The number of nitrogens with zero attached hydrogens (tertiary/aromatic N) is 2. The van der Waals surface area contributed by atoms with E-state index in [0.29, 0.717) is 17.5 Å². The van der Waals surface area contributed by atoms with Crippen LogP contribution < -0.4 is 5.32 Å². The third-order valence-electron chi connectivity index (χ3n) is 4.32. The highest BCUT2D eigenvalue weighted by Crippen LogP contribution is 2.17. The zero-order valence-corrected chi connectivity index (χ0v) is 14.7. The number of hydrogen-bond donors (Lipinski definition) is 1. The zero-order valence-electron chi connectivity index (χ0n) is 13.9. The molecule has 7 heteroatoms. The summed E-state index contributed by atoms with van der Waals surface area (Å²) in [7, 11) is -3.01. The number of fused-ring (bicyclic) bond motifs is 1. The maximum absolute atomic E-state index is 12.4. The Morgan fingerprint density at radius 2 is 1.83 bits per heavy atom. The number of hydrogen-bond acceptors (Lipinski definition) is 5. The van der Waals surface area contributed by atoms with Crippen LogP contribution in [0.2, 0.25) is 0 Å². The molecule has 0 aliphatic carbocycles. The lowest BCUT2D eigenvalue weighted by Crippen LogP contribution is -2.35. The van der Waals surface area contributed by atoms with Crippen molar-refractivity contribution in [3.8, 4) is 0 Å². The number of rotatable bonds is 4. The maximum Gasteiger partial charge on any atom is 0.251 e. The summed E-state index contributed by atoms with van der Waals surface area (Å²) in [5.74, 6) is -0.106. The second-order valence-electron chi connectivity index (χ2n) is 6.10. The van der Waals surface area contributed by atoms with E-state index >= 15 is 0 Å². The molecule has 2 heterocycles. The Labute approximate surface area is 141 Å². The molecule has 1 saturated heterocycles. The molecule has 6 nitrogen and oxygen atoms in total. The standard InChI is InChI=1S/C17H21N3O3S/c1-3-13-14(4-2)20-16-9-11(5-6-15(16)19-13)17(21)18-12-7-8-24(22,23)10-12/h5-6,9,12H,3-4,7-8,10H2,1-2H3,(H,18,21)/t12-/m1/s1. The van der Waals surface area contributed by atoms with Crippen LogP contribution in [-0.2, 0) is 22.7 Å². The predicted octanol–water partition coefficient (Wildman–Crippen LogP) is 1.67. The number of carbonyl (C=O) groups is 1. The van der Waals surface area contributed by atoms with Gasteiger partial charge in [0.15, 0.2) is 9.84 Å². The lowest BCUT2D eigenvalue weighted by molar-refractivity contribution is 0.0941. The van der Waals surface area contributed by atoms with Crippen LogP contribution in [0.4, 0.5) is 0 Å². The minimum atomic E-state index is -3.01. The molecule has 1 aromatic heterocycles. The summed E-state index contributed by atoms with van der Waals surface area (Å²) >= 11 is 0. The molecule has 0 saturated carbocycles. The molecule has 24 heavy (non-hydrogen) atoms. The van der Waals surface area contributed by atoms with Crippen molar-refractivity contribution < 1.29 is 13.2 Å². The van der Waals surface area contributed by atoms with Gasteiger partial charge in [0.2, 0.25) is 0 Å². The Bertz CT molecular complexity index is 893. The fraction of sp³-hybridized carbons (Fsp3) is 0.471. The molecule has 0 radical (unpaired) electrons. The smallest absolute Gasteiger partial charge is 0.251 e. The number of benzene rings is 1. The van der Waals surface area contributed by atoms with Crippen LogP contribution in [0.3, 0.4) is 0 Å². The summed E-state index contributed by atoms with van der Waals surface area (Å²) < 4.78 is 23.0. The van der Waals surface area contributed by atoms with Crippen LogP contribution in [0.5, 0.6) is 0 Å². The monoisotopic (exact) mass is 347 g/mol. The molecule has 1 amide bonds. The first-order valence-electron chi connectivity index (χ1n) is 8.22. The van der Waals surface area contributed by atoms with Gasteiger partial charge in [0, 0.05) is 11.6 Å². The minimum absolute atomic E-state index is 0.0198. The molecule has 3 rings (SSSR count). The van der Waals surface area contributed by atoms with E-state index in [4.69, 9.17) is 0 Å². The van der Waals surface area contributed by atoms with Gasteiger partial charge in [-0.3, -0.25) is 4.79 Å². The van der Waals surface area contributed by atoms with Crippen molar-refractivity contribution in [3.05, 3.63) is 35.2 Å². The first-order valence-corrected chi connectivity index (χ1v) is 10.0. The number of sulfone groups is 1. The van der Waals surface area contributed by atoms with E-state index in [1.807, 2.05) is 13.8 Å². The highest BCUT2D eigenvalue weighted by Gasteiger charge is 2.29. The second-order valence-corrected chi connectivity index (χ2v) is 8.33. The van der Waals surface area contributed by atoms with Crippen molar-refractivity contribution in [3.63, 3.8) is 0 Å². The fourth-order valence-corrected chi connectivity index (χ4v) is 4.69. The Kier molecular flexibility index (Phi) is 4.54. The van der Waals surface area contributed by atoms with Gasteiger partial charge in [0.25, 0.3) is 5.91 Å². The van der Waals surface area contributed by atoms with Crippen molar-refractivity contribution in [2.75, 3.05) is 11.5 Å². The molecule has 1 fully saturated rings. The summed E-state index contributed by atoms with van der Waals surface area (Å²) in [5.41, 5.74) is 3.87. The highest BCUT2D eigenvalue weighted by atomic mass is 32.2. The number of amides is 1. The summed E-state index contributed by atoms with van der Waals surface area (Å²) in [6.45, 7) is 4.08. The van der Waals surface area contributed by atoms with Crippen LogP contribution in [0.15, 0.2) is 18.2 Å². The van der Waals surface area contributed by atoms with E-state index in [9.17, 15) is 13.2 Å². The van der Waals surface area contributed by atoms with Gasteiger partial charge >= 0.3 is 0 Å². The van der Waals surface area contributed by atoms with E-state index in [-0.39, 0.29) is 23.5 Å². The van der Waals surface area contributed by atoms with Crippen molar-refractivity contribution in [2.45, 2.75) is 39.2 Å². The maximum atomic E-state index is 12.4. The quantitative estimate of drug-likeness (QED) is 0.909. The molecule has 1 aliphatic heterocycles. The van der Waals surface area contributed by atoms with Crippen LogP contribution >= 0.6 is 0 Å². The molecule has 0 unspecified atom stereocenters. The van der Waals surface area contributed by atoms with Crippen molar-refractivity contribution in [2.24, 2.45) is 0 Å². The van der Waals surface area contributed by atoms with Crippen molar-refractivity contribution in [1.29, 1.82) is 0 Å². The van der Waals surface area contributed by atoms with Gasteiger partial charge in [-0.1, -0.05) is 13.8 Å². The Morgan fingerprint density at radius 1 is 1.17 bits per heavy atom. The Hall–Kier alpha value is -2.02. The van der Waals surface area contributed by atoms with Gasteiger partial charge < -0.3 is 5.32 Å². The molecular weight excluding hydrogens is 326 g/mol. The number of aryl methyl sites for hydroxylation is 2. The Morgan fingerprint density at radius 3 is 2.42 bits per heavy atom. The lowest BCUT2D eigenvalue weighted by Gasteiger charge is -2.12. The van der Waals surface area contributed by atoms with Gasteiger partial charge in [-0.2, -0.15) is 0 Å². The number of carbonyl (C=O) groups excluding carboxylic acids is 1. The molecule has 1 atom stereocenters. The average Bonchev–Trinajstić information content (AvgIpc) is 2.91. The highest BCUT2D eigenvalue weighted by molar-refractivity contribution is 7.91. The topological polar surface area (TPSA) is 89.0 Å². The van der Waals surface area contributed by atoms with E-state index in [1.165, 1.54) is 0 Å². The van der Waals surface area contributed by atoms with Gasteiger partial charge in [-0.15, -0.1) is 0 Å². The van der Waals surface area contributed by atoms with Gasteiger partial charge in [-0.25, -0.2) is 18.4 Å². The molecule has 2 aromatic rings. The van der Waals surface area contributed by atoms with Crippen LogP contribution in [-0.4, -0.2) is 41.8 Å². The molecule has 1 aromatic carbocycles. The summed E-state index contributed by atoms with van der Waals surface area (Å²) in [5, 5.41) is 2.80. The van der Waals surface area contributed by atoms with Gasteiger partial charge in [0.05, 0.1) is 33.9 Å². The third kappa shape index (κ3) is 3.40. The summed E-state index contributed by atoms with van der Waals surface area (Å²) in [4.78, 5) is 21.6. The Balaban J connectivity index is 1.86. The van der Waals surface area contributed by atoms with E-state index in [1.54, 1.807) is 18.2 Å². The van der Waals surface area contributed by atoms with Gasteiger partial charge in [-0.05, 0) is 37.5 Å². The first-order chi connectivity index (χ1) is 11.4. The number of aromatic nitrogens is 2. The third-order valence-corrected chi connectivity index (χ3v) is 6.09. The largest absolute Gasteiger partial charge is 0.348 e. The molecule has 0 spiro atoms. The fourth-order valence-electron chi connectivity index (χ4n) is 3.01. The van der Waals surface area contributed by atoms with E-state index < -0.39 is 9.84 Å². The second kappa shape index (κ2) is 6.47. The minimum Gasteiger partial charge on any atom is -0.348 e. The lowest BCUT2D eigenvalue weighted by atomic mass is 10.1. The summed E-state index contributed by atoms with van der Waals surface area (Å²) in [6.07, 6.45) is 2.09. The van der Waals surface area contributed by atoms with Crippen LogP contribution in [0.25, 0.3) is 11.0 Å². The normalized spacial score (nSPS) is 19.5. The van der Waals surface area contributed by atoms with E-state index in [0.717, 1.165) is 29.7 Å². The van der Waals surface area contributed by atoms with Gasteiger partial charge in [0.1, 0.15) is 0 Å². The van der Waals surface area contributed by atoms with Crippen molar-refractivity contribution >= 4 is 26.8 Å². The zero-order chi connectivity index (χ0) is 17.3. The average molecular weight is 347 g/mol. The molecule has 0 bridgehead atoms. The first kappa shape index (κ1) is 16.8.